The molecule has 0 spiro atoms. The van der Waals surface area contributed by atoms with Gasteiger partial charge in [0.05, 0.1) is 0 Å². The molecule has 0 heteroatoms. The Balaban J connectivity index is 1.47. The maximum atomic E-state index is 2.41. The van der Waals surface area contributed by atoms with Crippen molar-refractivity contribution in [3.05, 3.63) is 0 Å². The van der Waals surface area contributed by atoms with Gasteiger partial charge in [-0.05, 0) is 60.7 Å². The van der Waals surface area contributed by atoms with E-state index in [-0.39, 0.29) is 0 Å². The van der Waals surface area contributed by atoms with Crippen molar-refractivity contribution < 1.29 is 0 Å². The monoisotopic (exact) mass is 192 g/mol. The van der Waals surface area contributed by atoms with Crippen LogP contribution in [0.3, 0.4) is 0 Å². The van der Waals surface area contributed by atoms with E-state index in [9.17, 15) is 0 Å². The molecule has 3 unspecified atom stereocenters. The number of fused-ring (bicyclic) bond motifs is 1. The molecule has 3 atom stereocenters. The molecule has 0 aromatic heterocycles. The average molecular weight is 192 g/mol. The molecule has 0 N–H and O–H groups in total. The fourth-order valence-electron chi connectivity index (χ4n) is 4.25. The van der Waals surface area contributed by atoms with E-state index in [1.165, 1.54) is 30.1 Å². The normalized spacial score (nSPS) is 51.0. The van der Waals surface area contributed by atoms with Gasteiger partial charge in [-0.2, -0.15) is 0 Å². The van der Waals surface area contributed by atoms with Gasteiger partial charge in [-0.15, -0.1) is 0 Å². The quantitative estimate of drug-likeness (QED) is 0.632. The minimum atomic E-state index is 0.916. The van der Waals surface area contributed by atoms with Crippen LogP contribution in [0.4, 0.5) is 0 Å². The van der Waals surface area contributed by atoms with Crippen LogP contribution in [0.1, 0.15) is 46.5 Å². The fourth-order valence-corrected chi connectivity index (χ4v) is 4.25. The van der Waals surface area contributed by atoms with Crippen molar-refractivity contribution in [2.45, 2.75) is 46.5 Å². The average Bonchev–Trinajstić information content (AvgIpc) is 2.87. The molecule has 3 rings (SSSR count). The van der Waals surface area contributed by atoms with Crippen LogP contribution >= 0.6 is 0 Å². The third-order valence-electron chi connectivity index (χ3n) is 5.43. The second kappa shape index (κ2) is 3.00. The Labute approximate surface area is 88.5 Å². The standard InChI is InChI=1S/C14H24/c1-4-11(8(2)3)9-5-10(6-9)14-12-7-13(12)14/h8-14H,4-7H2,1-3H3. The lowest BCUT2D eigenvalue weighted by Gasteiger charge is -2.43. The van der Waals surface area contributed by atoms with Gasteiger partial charge < -0.3 is 0 Å². The van der Waals surface area contributed by atoms with Crippen LogP contribution in [0.15, 0.2) is 0 Å². The summed E-state index contributed by atoms with van der Waals surface area (Å²) in [6.45, 7) is 7.21. The SMILES string of the molecule is CCC(C(C)C)C1CC(C2C3CC32)C1. The topological polar surface area (TPSA) is 0 Å². The summed E-state index contributed by atoms with van der Waals surface area (Å²) in [7, 11) is 0. The molecule has 0 nitrogen and oxygen atoms in total. The van der Waals surface area contributed by atoms with Gasteiger partial charge in [0, 0.05) is 0 Å². The maximum absolute atomic E-state index is 2.41. The number of hydrogen-bond donors (Lipinski definition) is 0. The smallest absolute Gasteiger partial charge is 0.0323 e. The molecule has 3 saturated carbocycles. The fraction of sp³-hybridized carbons (Fsp3) is 1.00. The van der Waals surface area contributed by atoms with E-state index in [4.69, 9.17) is 0 Å². The first-order valence-electron chi connectivity index (χ1n) is 6.72. The molecule has 3 aliphatic carbocycles. The van der Waals surface area contributed by atoms with E-state index in [1.807, 2.05) is 0 Å². The van der Waals surface area contributed by atoms with Crippen LogP contribution in [0.2, 0.25) is 0 Å². The molecule has 0 bridgehead atoms. The van der Waals surface area contributed by atoms with Crippen molar-refractivity contribution in [1.29, 1.82) is 0 Å². The molecule has 0 radical (unpaired) electrons. The first kappa shape index (κ1) is 9.24. The highest BCUT2D eigenvalue weighted by Crippen LogP contribution is 2.74. The van der Waals surface area contributed by atoms with Crippen LogP contribution in [-0.4, -0.2) is 0 Å². The first-order chi connectivity index (χ1) is 6.72. The summed E-state index contributed by atoms with van der Waals surface area (Å²) in [6, 6.07) is 0. The van der Waals surface area contributed by atoms with E-state index in [2.05, 4.69) is 20.8 Å². The molecule has 80 valence electrons. The zero-order valence-electron chi connectivity index (χ0n) is 9.87. The highest BCUT2D eigenvalue weighted by molar-refractivity contribution is 5.16. The van der Waals surface area contributed by atoms with Crippen LogP contribution in [0.25, 0.3) is 0 Å². The van der Waals surface area contributed by atoms with E-state index < -0.39 is 0 Å². The largest absolute Gasteiger partial charge is 0.0651 e. The maximum Gasteiger partial charge on any atom is -0.0323 e. The second-order valence-electron chi connectivity index (χ2n) is 6.45. The first-order valence-corrected chi connectivity index (χ1v) is 6.72. The van der Waals surface area contributed by atoms with Gasteiger partial charge in [0.15, 0.2) is 0 Å². The lowest BCUT2D eigenvalue weighted by atomic mass is 9.62. The highest BCUT2D eigenvalue weighted by Gasteiger charge is 2.67. The van der Waals surface area contributed by atoms with Gasteiger partial charge in [0.25, 0.3) is 0 Å². The van der Waals surface area contributed by atoms with Gasteiger partial charge >= 0.3 is 0 Å². The predicted molar refractivity (Wildman–Crippen MR) is 59.9 cm³/mol. The van der Waals surface area contributed by atoms with Crippen molar-refractivity contribution in [3.63, 3.8) is 0 Å². The summed E-state index contributed by atoms with van der Waals surface area (Å²) in [5.74, 6) is 7.93. The van der Waals surface area contributed by atoms with E-state index in [0.29, 0.717) is 0 Å². The van der Waals surface area contributed by atoms with E-state index in [0.717, 1.165) is 17.8 Å². The Morgan fingerprint density at radius 1 is 1.07 bits per heavy atom. The van der Waals surface area contributed by atoms with Crippen LogP contribution in [-0.2, 0) is 0 Å². The van der Waals surface area contributed by atoms with Gasteiger partial charge in [-0.3, -0.25) is 0 Å². The minimum absolute atomic E-state index is 0.916. The molecular formula is C14H24. The Morgan fingerprint density at radius 3 is 2.07 bits per heavy atom. The minimum Gasteiger partial charge on any atom is -0.0651 e. The zero-order chi connectivity index (χ0) is 9.87. The summed E-state index contributed by atoms with van der Waals surface area (Å²) >= 11 is 0. The van der Waals surface area contributed by atoms with Gasteiger partial charge in [-0.1, -0.05) is 27.2 Å². The summed E-state index contributed by atoms with van der Waals surface area (Å²) in [4.78, 5) is 0. The molecule has 0 heterocycles. The third-order valence-corrected chi connectivity index (χ3v) is 5.43. The molecular weight excluding hydrogens is 168 g/mol. The molecule has 0 amide bonds. The lowest BCUT2D eigenvalue weighted by Crippen LogP contribution is -2.34. The second-order valence-corrected chi connectivity index (χ2v) is 6.45. The number of rotatable bonds is 4. The zero-order valence-corrected chi connectivity index (χ0v) is 9.87. The van der Waals surface area contributed by atoms with Crippen LogP contribution in [0, 0.1) is 41.4 Å². The molecule has 3 fully saturated rings. The Bertz CT molecular complexity index is 216. The Morgan fingerprint density at radius 2 is 1.71 bits per heavy atom. The van der Waals surface area contributed by atoms with Gasteiger partial charge in [0.1, 0.15) is 0 Å². The van der Waals surface area contributed by atoms with Crippen molar-refractivity contribution in [3.8, 4) is 0 Å². The van der Waals surface area contributed by atoms with E-state index >= 15 is 0 Å². The van der Waals surface area contributed by atoms with Crippen molar-refractivity contribution in [1.82, 2.24) is 0 Å². The molecule has 3 aliphatic rings. The van der Waals surface area contributed by atoms with Crippen molar-refractivity contribution >= 4 is 0 Å². The van der Waals surface area contributed by atoms with Crippen molar-refractivity contribution in [2.24, 2.45) is 41.4 Å². The molecule has 0 aromatic rings. The molecule has 0 aliphatic heterocycles. The van der Waals surface area contributed by atoms with Crippen molar-refractivity contribution in [2.75, 3.05) is 0 Å². The van der Waals surface area contributed by atoms with Crippen LogP contribution in [0.5, 0.6) is 0 Å². The Hall–Kier alpha value is 0. The Kier molecular flexibility index (Phi) is 1.98. The number of hydrogen-bond acceptors (Lipinski definition) is 0. The summed E-state index contributed by atoms with van der Waals surface area (Å²) in [5.41, 5.74) is 0. The van der Waals surface area contributed by atoms with Gasteiger partial charge in [-0.25, -0.2) is 0 Å². The molecule has 14 heavy (non-hydrogen) atoms. The summed E-state index contributed by atoms with van der Waals surface area (Å²) < 4.78 is 0. The summed E-state index contributed by atoms with van der Waals surface area (Å²) in [6.07, 6.45) is 6.20. The van der Waals surface area contributed by atoms with E-state index in [1.54, 1.807) is 19.3 Å². The third kappa shape index (κ3) is 1.26. The molecule has 0 saturated heterocycles. The predicted octanol–water partition coefficient (Wildman–Crippen LogP) is 3.96. The highest BCUT2D eigenvalue weighted by atomic mass is 14.7. The molecule has 0 aromatic carbocycles. The van der Waals surface area contributed by atoms with Gasteiger partial charge in [0.2, 0.25) is 0 Å². The summed E-state index contributed by atoms with van der Waals surface area (Å²) in [5, 5.41) is 0. The van der Waals surface area contributed by atoms with Crippen LogP contribution < -0.4 is 0 Å². The lowest BCUT2D eigenvalue weighted by molar-refractivity contribution is 0.0662.